The number of carbonyl (C=O) groups is 1. The Morgan fingerprint density at radius 3 is 2.58 bits per heavy atom. The van der Waals surface area contributed by atoms with Crippen molar-refractivity contribution in [2.75, 3.05) is 38.1 Å². The lowest BCUT2D eigenvalue weighted by molar-refractivity contribution is -0.145. The number of hydrogen-bond donors (Lipinski definition) is 3. The van der Waals surface area contributed by atoms with Crippen LogP contribution in [0.3, 0.4) is 0 Å². The minimum absolute atomic E-state index is 0.0188. The maximum Gasteiger partial charge on any atom is 0.459 e. The Balaban J connectivity index is 1.91. The van der Waals surface area contributed by atoms with Crippen LogP contribution in [0.2, 0.25) is 0 Å². The molecule has 15 nitrogen and oxygen atoms in total. The van der Waals surface area contributed by atoms with Crippen LogP contribution in [0, 0.1) is 17.2 Å². The molecule has 234 valence electrons. The molecule has 2 heterocycles. The molecule has 17 heteroatoms. The molecule has 0 bridgehead atoms. The molecule has 5 atom stereocenters. The number of nitriles is 1. The van der Waals surface area contributed by atoms with Crippen molar-refractivity contribution in [1.82, 2.24) is 19.7 Å². The van der Waals surface area contributed by atoms with E-state index in [0.29, 0.717) is 5.52 Å². The largest absolute Gasteiger partial charge is 0.465 e. The number of fused-ring (bicyclic) bond motifs is 1. The molecular formula is C26H35N6O9PS. The third kappa shape index (κ3) is 8.29. The fraction of sp³-hybridized carbons (Fsp3) is 0.462. The van der Waals surface area contributed by atoms with Crippen LogP contribution in [0.15, 0.2) is 48.8 Å². The second-order valence-electron chi connectivity index (χ2n) is 9.62. The Hall–Kier alpha value is -3.58. The smallest absolute Gasteiger partial charge is 0.459 e. The first-order valence-corrected chi connectivity index (χ1v) is 16.7. The molecule has 2 aromatic heterocycles. The van der Waals surface area contributed by atoms with Crippen LogP contribution in [0.4, 0.5) is 5.82 Å². The molecule has 3 aromatic rings. The van der Waals surface area contributed by atoms with Gasteiger partial charge in [0, 0.05) is 19.3 Å². The lowest BCUT2D eigenvalue weighted by Crippen LogP contribution is -2.44. The topological polar surface area (TPSA) is 217 Å². The number of rotatable bonds is 16. The van der Waals surface area contributed by atoms with Gasteiger partial charge in [0.2, 0.25) is 5.60 Å². The number of sulfone groups is 1. The molecular weight excluding hydrogens is 603 g/mol. The third-order valence-corrected chi connectivity index (χ3v) is 9.16. The molecule has 0 aliphatic rings. The van der Waals surface area contributed by atoms with Gasteiger partial charge in [0.15, 0.2) is 5.82 Å². The quantitative estimate of drug-likeness (QED) is 0.151. The van der Waals surface area contributed by atoms with E-state index >= 15 is 0 Å². The van der Waals surface area contributed by atoms with Gasteiger partial charge in [-0.15, -0.1) is 0 Å². The first-order valence-electron chi connectivity index (χ1n) is 13.1. The maximum atomic E-state index is 14.0. The van der Waals surface area contributed by atoms with Crippen LogP contribution < -0.4 is 15.3 Å². The lowest BCUT2D eigenvalue weighted by Gasteiger charge is -2.34. The highest BCUT2D eigenvalue weighted by atomic mass is 32.2. The zero-order valence-electron chi connectivity index (χ0n) is 24.1. The van der Waals surface area contributed by atoms with Gasteiger partial charge in [-0.2, -0.15) is 15.4 Å². The number of aromatic nitrogens is 3. The van der Waals surface area contributed by atoms with Crippen molar-refractivity contribution in [2.45, 2.75) is 38.0 Å². The van der Waals surface area contributed by atoms with Crippen LogP contribution in [0.1, 0.15) is 26.0 Å². The number of aliphatic hydroxyl groups excluding tert-OH is 1. The van der Waals surface area contributed by atoms with Crippen LogP contribution in [0.25, 0.3) is 5.52 Å². The number of nitrogens with one attached hydrogen (secondary N) is 1. The highest BCUT2D eigenvalue weighted by Crippen LogP contribution is 2.46. The summed E-state index contributed by atoms with van der Waals surface area (Å²) in [7, 11) is -6.72. The van der Waals surface area contributed by atoms with Crippen molar-refractivity contribution < 1.29 is 41.4 Å². The lowest BCUT2D eigenvalue weighted by atomic mass is 9.83. The monoisotopic (exact) mass is 638 g/mol. The van der Waals surface area contributed by atoms with Gasteiger partial charge in [0.1, 0.15) is 39.5 Å². The standard InChI is InChI=1S/C26H35N6O9PS/c1-5-39-25(34)20(13-14-43(4,36)37)31-42(35,41-19-9-7-6-8-10-19)40-15-22(33)18(2)26(16-27,38-3)23-12-11-21-24(28)29-17-30-32(21)23/h6-12,17-18,20,22,33H,5,13-15H2,1-4H3,(H,31,35)(H2,28,29,30)/t18?,20-,22?,26+,42?/m0/s1. The molecule has 0 saturated heterocycles. The Morgan fingerprint density at radius 1 is 1.28 bits per heavy atom. The molecule has 0 aliphatic heterocycles. The highest BCUT2D eigenvalue weighted by Gasteiger charge is 2.46. The summed E-state index contributed by atoms with van der Waals surface area (Å²) in [5.74, 6) is -2.05. The molecule has 43 heavy (non-hydrogen) atoms. The van der Waals surface area contributed by atoms with Crippen molar-refractivity contribution in [3.8, 4) is 11.8 Å². The summed E-state index contributed by atoms with van der Waals surface area (Å²) in [4.78, 5) is 16.6. The Bertz CT molecular complexity index is 1600. The number of hydrogen-bond acceptors (Lipinski definition) is 13. The number of anilines is 1. The van der Waals surface area contributed by atoms with Gasteiger partial charge >= 0.3 is 13.7 Å². The van der Waals surface area contributed by atoms with Crippen molar-refractivity contribution in [3.63, 3.8) is 0 Å². The van der Waals surface area contributed by atoms with E-state index in [2.05, 4.69) is 21.2 Å². The average Bonchev–Trinajstić information content (AvgIpc) is 3.41. The second-order valence-corrected chi connectivity index (χ2v) is 13.6. The first-order chi connectivity index (χ1) is 20.3. The normalized spacial score (nSPS) is 16.7. The van der Waals surface area contributed by atoms with Gasteiger partial charge in [-0.25, -0.2) is 22.5 Å². The van der Waals surface area contributed by atoms with Crippen molar-refractivity contribution in [2.24, 2.45) is 5.92 Å². The number of methoxy groups -OCH3 is 1. The van der Waals surface area contributed by atoms with Gasteiger partial charge in [-0.3, -0.25) is 9.32 Å². The van der Waals surface area contributed by atoms with Crippen LogP contribution in [-0.2, 0) is 38.8 Å². The van der Waals surface area contributed by atoms with Gasteiger partial charge in [0.05, 0.1) is 30.8 Å². The summed E-state index contributed by atoms with van der Waals surface area (Å²) < 4.78 is 60.9. The predicted octanol–water partition coefficient (Wildman–Crippen LogP) is 1.83. The number of benzene rings is 1. The van der Waals surface area contributed by atoms with Gasteiger partial charge < -0.3 is 24.8 Å². The molecule has 1 aromatic carbocycles. The van der Waals surface area contributed by atoms with Gasteiger partial charge in [-0.1, -0.05) is 25.1 Å². The summed E-state index contributed by atoms with van der Waals surface area (Å²) in [6.07, 6.45) is 0.418. The first kappa shape index (κ1) is 33.9. The molecule has 3 rings (SSSR count). The van der Waals surface area contributed by atoms with E-state index in [1.165, 1.54) is 37.0 Å². The van der Waals surface area contributed by atoms with Crippen LogP contribution in [-0.4, -0.2) is 78.6 Å². The summed E-state index contributed by atoms with van der Waals surface area (Å²) in [5.41, 5.74) is 4.81. The Kier molecular flexibility index (Phi) is 11.2. The summed E-state index contributed by atoms with van der Waals surface area (Å²) in [5, 5.41) is 28.1. The number of nitrogens with two attached hydrogens (primary N) is 1. The zero-order chi connectivity index (χ0) is 31.8. The minimum atomic E-state index is -4.50. The van der Waals surface area contributed by atoms with Gasteiger partial charge in [0.25, 0.3) is 0 Å². The van der Waals surface area contributed by atoms with Gasteiger partial charge in [-0.05, 0) is 37.6 Å². The molecule has 0 radical (unpaired) electrons. The second kappa shape index (κ2) is 14.3. The van der Waals surface area contributed by atoms with E-state index in [1.54, 1.807) is 37.3 Å². The van der Waals surface area contributed by atoms with E-state index < -0.39 is 59.6 Å². The Labute approximate surface area is 249 Å². The molecule has 0 saturated carbocycles. The fourth-order valence-corrected chi connectivity index (χ4v) is 6.47. The molecule has 3 unspecified atom stereocenters. The van der Waals surface area contributed by atoms with Crippen LogP contribution in [0.5, 0.6) is 5.75 Å². The molecule has 4 N–H and O–H groups in total. The SMILES string of the molecule is CCOC(=O)[C@H](CCS(C)(=O)=O)NP(=O)(OCC(O)C(C)[C@@](C#N)(OC)c1ccc2c(N)ncnn12)Oc1ccccc1. The van der Waals surface area contributed by atoms with E-state index in [0.717, 1.165) is 6.26 Å². The van der Waals surface area contributed by atoms with E-state index in [9.17, 15) is 28.1 Å². The van der Waals surface area contributed by atoms with E-state index in [-0.39, 0.29) is 30.3 Å². The number of nitrogen functional groups attached to an aromatic ring is 1. The predicted molar refractivity (Wildman–Crippen MR) is 155 cm³/mol. The minimum Gasteiger partial charge on any atom is -0.465 e. The average molecular weight is 639 g/mol. The summed E-state index contributed by atoms with van der Waals surface area (Å²) >= 11 is 0. The third-order valence-electron chi connectivity index (χ3n) is 6.62. The highest BCUT2D eigenvalue weighted by molar-refractivity contribution is 7.90. The maximum absolute atomic E-state index is 14.0. The molecule has 0 fully saturated rings. The number of esters is 1. The van der Waals surface area contributed by atoms with E-state index in [1.807, 2.05) is 0 Å². The number of ether oxygens (including phenoxy) is 2. The molecule has 0 amide bonds. The zero-order valence-corrected chi connectivity index (χ0v) is 25.8. The van der Waals surface area contributed by atoms with Crippen molar-refractivity contribution in [3.05, 3.63) is 54.5 Å². The molecule has 0 spiro atoms. The summed E-state index contributed by atoms with van der Waals surface area (Å²) in [6.45, 7) is 2.41. The number of nitrogens with zero attached hydrogens (tertiary/aromatic N) is 4. The van der Waals surface area contributed by atoms with E-state index in [4.69, 9.17) is 24.3 Å². The fourth-order valence-electron chi connectivity index (χ4n) is 4.26. The number of carbonyl (C=O) groups excluding carboxylic acids is 1. The van der Waals surface area contributed by atoms with Crippen LogP contribution >= 0.6 is 7.75 Å². The van der Waals surface area contributed by atoms with Crippen molar-refractivity contribution >= 4 is 34.9 Å². The Morgan fingerprint density at radius 2 is 1.98 bits per heavy atom. The number of para-hydroxylation sites is 1. The number of aliphatic hydroxyl groups is 1. The van der Waals surface area contributed by atoms with Crippen molar-refractivity contribution in [1.29, 1.82) is 5.26 Å². The summed E-state index contributed by atoms with van der Waals surface area (Å²) in [6, 6.07) is 11.8. The molecule has 0 aliphatic carbocycles.